The Labute approximate surface area is 295 Å². The van der Waals surface area contributed by atoms with Crippen LogP contribution in [0.15, 0.2) is 162 Å². The summed E-state index contributed by atoms with van der Waals surface area (Å²) >= 11 is 0. The van der Waals surface area contributed by atoms with Crippen molar-refractivity contribution in [2.45, 2.75) is 19.3 Å². The van der Waals surface area contributed by atoms with E-state index in [1.165, 1.54) is 44.1 Å². The third-order valence-corrected chi connectivity index (χ3v) is 11.2. The fourth-order valence-corrected chi connectivity index (χ4v) is 8.72. The standard InChI is InChI=1S/C48H32N2O/c1-48(2)39-19-9-6-15-31(39)37-28-45-38(26-40(37)48)33-17-8-11-21-43(33)50(45)44-22-12-18-35-34-24-23-30(25-46(34)51-47(35)44)36-27-42(29-13-4-3-5-14-29)49-41-20-10-7-16-32(36)41/h3-28H,1-2H3. The molecule has 1 aliphatic carbocycles. The second-order valence-electron chi connectivity index (χ2n) is 14.3. The average molecular weight is 653 g/mol. The van der Waals surface area contributed by atoms with Crippen molar-refractivity contribution in [1.29, 1.82) is 0 Å². The van der Waals surface area contributed by atoms with Crippen molar-refractivity contribution in [3.8, 4) is 39.2 Å². The fourth-order valence-electron chi connectivity index (χ4n) is 8.72. The van der Waals surface area contributed by atoms with Gasteiger partial charge in [-0.25, -0.2) is 4.98 Å². The summed E-state index contributed by atoms with van der Waals surface area (Å²) in [5.41, 5.74) is 15.8. The Bertz CT molecular complexity index is 3050. The van der Waals surface area contributed by atoms with Gasteiger partial charge in [0.1, 0.15) is 5.58 Å². The number of rotatable bonds is 3. The molecule has 3 nitrogen and oxygen atoms in total. The molecule has 240 valence electrons. The van der Waals surface area contributed by atoms with Gasteiger partial charge in [0, 0.05) is 37.9 Å². The quantitative estimate of drug-likeness (QED) is 0.190. The van der Waals surface area contributed by atoms with E-state index in [4.69, 9.17) is 9.40 Å². The normalized spacial score (nSPS) is 13.5. The van der Waals surface area contributed by atoms with E-state index >= 15 is 0 Å². The molecule has 0 spiro atoms. The molecule has 7 aromatic carbocycles. The van der Waals surface area contributed by atoms with E-state index in [-0.39, 0.29) is 5.41 Å². The number of para-hydroxylation sites is 3. The molecule has 0 atom stereocenters. The Morgan fingerprint density at radius 3 is 2.16 bits per heavy atom. The van der Waals surface area contributed by atoms with Gasteiger partial charge in [0.2, 0.25) is 0 Å². The van der Waals surface area contributed by atoms with Crippen LogP contribution in [-0.4, -0.2) is 9.55 Å². The van der Waals surface area contributed by atoms with Crippen molar-refractivity contribution >= 4 is 54.6 Å². The molecular weight excluding hydrogens is 621 g/mol. The molecule has 51 heavy (non-hydrogen) atoms. The Morgan fingerprint density at radius 1 is 0.490 bits per heavy atom. The van der Waals surface area contributed by atoms with Crippen molar-refractivity contribution in [2.24, 2.45) is 0 Å². The molecule has 3 aromatic heterocycles. The van der Waals surface area contributed by atoms with Crippen LogP contribution in [0.25, 0.3) is 93.8 Å². The average Bonchev–Trinajstić information content (AvgIpc) is 3.79. The summed E-state index contributed by atoms with van der Waals surface area (Å²) in [4.78, 5) is 5.03. The van der Waals surface area contributed by atoms with Gasteiger partial charge >= 0.3 is 0 Å². The lowest BCUT2D eigenvalue weighted by Crippen LogP contribution is -2.14. The Balaban J connectivity index is 1.15. The van der Waals surface area contributed by atoms with Gasteiger partial charge in [-0.15, -0.1) is 0 Å². The zero-order chi connectivity index (χ0) is 33.8. The highest BCUT2D eigenvalue weighted by atomic mass is 16.3. The van der Waals surface area contributed by atoms with Crippen LogP contribution >= 0.6 is 0 Å². The topological polar surface area (TPSA) is 31.0 Å². The van der Waals surface area contributed by atoms with E-state index in [0.717, 1.165) is 60.9 Å². The molecule has 11 rings (SSSR count). The van der Waals surface area contributed by atoms with Crippen LogP contribution in [0.5, 0.6) is 0 Å². The predicted octanol–water partition coefficient (Wildman–Crippen LogP) is 12.9. The minimum absolute atomic E-state index is 0.0677. The van der Waals surface area contributed by atoms with Gasteiger partial charge in [-0.1, -0.05) is 123 Å². The van der Waals surface area contributed by atoms with Crippen molar-refractivity contribution in [2.75, 3.05) is 0 Å². The highest BCUT2D eigenvalue weighted by Crippen LogP contribution is 2.51. The Hall–Kier alpha value is -6.45. The van der Waals surface area contributed by atoms with Crippen molar-refractivity contribution in [1.82, 2.24) is 9.55 Å². The third-order valence-electron chi connectivity index (χ3n) is 11.2. The van der Waals surface area contributed by atoms with E-state index in [1.807, 2.05) is 6.07 Å². The number of furan rings is 1. The lowest BCUT2D eigenvalue weighted by atomic mass is 9.82. The van der Waals surface area contributed by atoms with Crippen LogP contribution in [0.4, 0.5) is 0 Å². The third kappa shape index (κ3) is 3.97. The molecule has 3 heteroatoms. The van der Waals surface area contributed by atoms with Crippen molar-refractivity contribution in [3.63, 3.8) is 0 Å². The lowest BCUT2D eigenvalue weighted by Gasteiger charge is -2.21. The summed E-state index contributed by atoms with van der Waals surface area (Å²) in [6.45, 7) is 4.70. The van der Waals surface area contributed by atoms with E-state index in [2.05, 4.69) is 170 Å². The summed E-state index contributed by atoms with van der Waals surface area (Å²) < 4.78 is 9.35. The SMILES string of the molecule is CC1(C)c2ccccc2-c2cc3c(cc21)c1ccccc1n3-c1cccc2c1oc1cc(-c3cc(-c4ccccc4)nc4ccccc34)ccc12. The number of benzene rings is 7. The molecule has 1 aliphatic rings. The molecule has 0 amide bonds. The van der Waals surface area contributed by atoms with Crippen LogP contribution in [0.3, 0.4) is 0 Å². The number of nitrogens with zero attached hydrogens (tertiary/aromatic N) is 2. The van der Waals surface area contributed by atoms with E-state index < -0.39 is 0 Å². The first-order valence-corrected chi connectivity index (χ1v) is 17.6. The van der Waals surface area contributed by atoms with Gasteiger partial charge < -0.3 is 8.98 Å². The van der Waals surface area contributed by atoms with Crippen molar-refractivity contribution in [3.05, 3.63) is 169 Å². The van der Waals surface area contributed by atoms with E-state index in [9.17, 15) is 0 Å². The number of pyridine rings is 1. The number of hydrogen-bond acceptors (Lipinski definition) is 2. The van der Waals surface area contributed by atoms with E-state index in [0.29, 0.717) is 0 Å². The zero-order valence-electron chi connectivity index (χ0n) is 28.3. The molecule has 3 heterocycles. The van der Waals surface area contributed by atoms with Gasteiger partial charge in [0.05, 0.1) is 27.9 Å². The molecule has 0 saturated carbocycles. The molecule has 0 bridgehead atoms. The molecule has 0 fully saturated rings. The zero-order valence-corrected chi connectivity index (χ0v) is 28.3. The van der Waals surface area contributed by atoms with Crippen LogP contribution in [0.1, 0.15) is 25.0 Å². The second kappa shape index (κ2) is 10.3. The second-order valence-corrected chi connectivity index (χ2v) is 14.3. The molecule has 0 radical (unpaired) electrons. The first kappa shape index (κ1) is 28.4. The maximum atomic E-state index is 6.94. The number of fused-ring (bicyclic) bond motifs is 10. The van der Waals surface area contributed by atoms with Crippen LogP contribution < -0.4 is 0 Å². The van der Waals surface area contributed by atoms with Crippen LogP contribution in [0, 0.1) is 0 Å². The van der Waals surface area contributed by atoms with Crippen LogP contribution in [0.2, 0.25) is 0 Å². The first-order chi connectivity index (χ1) is 25.0. The van der Waals surface area contributed by atoms with Gasteiger partial charge in [0.25, 0.3) is 0 Å². The van der Waals surface area contributed by atoms with Gasteiger partial charge in [0.15, 0.2) is 5.58 Å². The maximum Gasteiger partial charge on any atom is 0.159 e. The van der Waals surface area contributed by atoms with E-state index in [1.54, 1.807) is 0 Å². The highest BCUT2D eigenvalue weighted by Gasteiger charge is 2.36. The van der Waals surface area contributed by atoms with Crippen molar-refractivity contribution < 1.29 is 4.42 Å². The van der Waals surface area contributed by atoms with Gasteiger partial charge in [-0.2, -0.15) is 0 Å². The minimum Gasteiger partial charge on any atom is -0.454 e. The monoisotopic (exact) mass is 652 g/mol. The molecule has 0 saturated heterocycles. The summed E-state index contributed by atoms with van der Waals surface area (Å²) in [6, 6.07) is 56.7. The summed E-state index contributed by atoms with van der Waals surface area (Å²) in [5.74, 6) is 0. The largest absolute Gasteiger partial charge is 0.454 e. The minimum atomic E-state index is -0.0677. The molecule has 0 aliphatic heterocycles. The summed E-state index contributed by atoms with van der Waals surface area (Å²) in [5, 5.41) is 5.85. The smallest absolute Gasteiger partial charge is 0.159 e. The number of hydrogen-bond donors (Lipinski definition) is 0. The molecule has 0 N–H and O–H groups in total. The van der Waals surface area contributed by atoms with Gasteiger partial charge in [-0.3, -0.25) is 0 Å². The Morgan fingerprint density at radius 2 is 1.25 bits per heavy atom. The summed E-state index contributed by atoms with van der Waals surface area (Å²) in [7, 11) is 0. The Kier molecular flexibility index (Phi) is 5.73. The van der Waals surface area contributed by atoms with Crippen LogP contribution in [-0.2, 0) is 5.41 Å². The predicted molar refractivity (Wildman–Crippen MR) is 212 cm³/mol. The number of aromatic nitrogens is 2. The maximum absolute atomic E-state index is 6.94. The molecule has 0 unspecified atom stereocenters. The first-order valence-electron chi connectivity index (χ1n) is 17.6. The fraction of sp³-hybridized carbons (Fsp3) is 0.0625. The highest BCUT2D eigenvalue weighted by molar-refractivity contribution is 6.14. The van der Waals surface area contributed by atoms with Gasteiger partial charge in [-0.05, 0) is 81.9 Å². The molecule has 10 aromatic rings. The lowest BCUT2D eigenvalue weighted by molar-refractivity contribution is 0.661. The molecular formula is C48H32N2O. The summed E-state index contributed by atoms with van der Waals surface area (Å²) in [6.07, 6.45) is 0.